The second-order valence-corrected chi connectivity index (χ2v) is 5.61. The molecule has 0 aliphatic carbocycles. The number of phenolic OH excluding ortho intramolecular Hbond substituents is 1. The van der Waals surface area contributed by atoms with Crippen molar-refractivity contribution < 1.29 is 14.6 Å². The van der Waals surface area contributed by atoms with Crippen LogP contribution in [0.2, 0.25) is 0 Å². The third kappa shape index (κ3) is 4.57. The summed E-state index contributed by atoms with van der Waals surface area (Å²) >= 11 is 0. The Morgan fingerprint density at radius 1 is 1.30 bits per heavy atom. The second kappa shape index (κ2) is 7.45. The molecule has 0 unspecified atom stereocenters. The van der Waals surface area contributed by atoms with E-state index in [0.29, 0.717) is 29.1 Å². The highest BCUT2D eigenvalue weighted by molar-refractivity contribution is 5.92. The average Bonchev–Trinajstić information content (AvgIpc) is 2.54. The molecule has 2 aromatic carbocycles. The van der Waals surface area contributed by atoms with E-state index < -0.39 is 0 Å². The molecule has 0 aliphatic heterocycles. The van der Waals surface area contributed by atoms with Gasteiger partial charge >= 0.3 is 5.97 Å². The van der Waals surface area contributed by atoms with Gasteiger partial charge in [0.25, 0.3) is 0 Å². The lowest BCUT2D eigenvalue weighted by atomic mass is 10.1. The fraction of sp³-hybridized carbons (Fsp3) is 0.222. The van der Waals surface area contributed by atoms with E-state index in [1.165, 1.54) is 12.1 Å². The van der Waals surface area contributed by atoms with Crippen molar-refractivity contribution in [3.05, 3.63) is 53.6 Å². The number of carbonyl (C=O) groups is 1. The van der Waals surface area contributed by atoms with Crippen molar-refractivity contribution in [3.63, 3.8) is 0 Å². The number of aromatic hydroxyl groups is 1. The molecular weight excluding hydrogens is 292 g/mol. The van der Waals surface area contributed by atoms with Gasteiger partial charge in [0.1, 0.15) is 5.75 Å². The summed E-state index contributed by atoms with van der Waals surface area (Å²) in [7, 11) is 0. The summed E-state index contributed by atoms with van der Waals surface area (Å²) in [6.07, 6.45) is 1.16. The van der Waals surface area contributed by atoms with E-state index >= 15 is 0 Å². The Labute approximate surface area is 135 Å². The number of nitrogens with one attached hydrogen (secondary N) is 2. The van der Waals surface area contributed by atoms with Gasteiger partial charge in [0.15, 0.2) is 0 Å². The maximum atomic E-state index is 12.0. The molecule has 0 atom stereocenters. The molecule has 2 aromatic rings. The Morgan fingerprint density at radius 3 is 2.78 bits per heavy atom. The lowest BCUT2D eigenvalue weighted by molar-refractivity contribution is 0.0459. The molecule has 0 radical (unpaired) electrons. The molecule has 120 valence electrons. The summed E-state index contributed by atoms with van der Waals surface area (Å²) in [5.74, 6) is 0.0211. The van der Waals surface area contributed by atoms with Crippen LogP contribution in [0.1, 0.15) is 29.8 Å². The summed E-state index contributed by atoms with van der Waals surface area (Å²) in [5, 5.41) is 20.0. The fourth-order valence-corrected chi connectivity index (χ4v) is 1.99. The van der Waals surface area contributed by atoms with E-state index in [-0.39, 0.29) is 17.6 Å². The zero-order valence-electron chi connectivity index (χ0n) is 13.2. The van der Waals surface area contributed by atoms with Gasteiger partial charge in [-0.05, 0) is 42.3 Å². The van der Waals surface area contributed by atoms with Crippen LogP contribution in [-0.4, -0.2) is 23.9 Å². The van der Waals surface area contributed by atoms with Gasteiger partial charge < -0.3 is 20.6 Å². The molecule has 5 nitrogen and oxygen atoms in total. The summed E-state index contributed by atoms with van der Waals surface area (Å²) in [5.41, 5.74) is 2.40. The van der Waals surface area contributed by atoms with Crippen LogP contribution in [0.25, 0.3) is 0 Å². The third-order valence-electron chi connectivity index (χ3n) is 3.12. The van der Waals surface area contributed by atoms with Crippen LogP contribution >= 0.6 is 0 Å². The van der Waals surface area contributed by atoms with E-state index in [1.54, 1.807) is 24.3 Å². The minimum Gasteiger partial charge on any atom is -0.508 e. The van der Waals surface area contributed by atoms with Crippen LogP contribution in [0.4, 0.5) is 11.4 Å². The molecule has 0 saturated carbocycles. The molecule has 0 bridgehead atoms. The number of carbonyl (C=O) groups excluding carboxylic acids is 1. The van der Waals surface area contributed by atoms with Gasteiger partial charge in [-0.3, -0.25) is 0 Å². The van der Waals surface area contributed by atoms with E-state index in [2.05, 4.69) is 5.32 Å². The number of phenols is 1. The van der Waals surface area contributed by atoms with Crippen molar-refractivity contribution in [1.82, 2.24) is 0 Å². The summed E-state index contributed by atoms with van der Waals surface area (Å²) in [6, 6.07) is 11.7. The smallest absolute Gasteiger partial charge is 0.338 e. The Balaban J connectivity index is 2.17. The number of hydrogen-bond acceptors (Lipinski definition) is 5. The number of anilines is 2. The molecule has 0 fully saturated rings. The second-order valence-electron chi connectivity index (χ2n) is 5.61. The van der Waals surface area contributed by atoms with E-state index in [4.69, 9.17) is 10.1 Å². The Morgan fingerprint density at radius 2 is 2.09 bits per heavy atom. The number of esters is 1. The standard InChI is InChI=1S/C18H20N2O3/c1-12(2)11-23-18(22)13-4-3-5-15(8-13)20-17-7-6-16(21)9-14(17)10-19/h3-10,12,19-21H,11H2,1-2H3. The van der Waals surface area contributed by atoms with Crippen molar-refractivity contribution in [3.8, 4) is 5.75 Å². The topological polar surface area (TPSA) is 82.4 Å². The highest BCUT2D eigenvalue weighted by atomic mass is 16.5. The Kier molecular flexibility index (Phi) is 5.36. The van der Waals surface area contributed by atoms with Crippen molar-refractivity contribution in [2.45, 2.75) is 13.8 Å². The number of hydrogen-bond donors (Lipinski definition) is 3. The molecule has 3 N–H and O–H groups in total. The predicted octanol–water partition coefficient (Wildman–Crippen LogP) is 3.95. The fourth-order valence-electron chi connectivity index (χ4n) is 1.99. The summed E-state index contributed by atoms with van der Waals surface area (Å²) in [6.45, 7) is 4.34. The van der Waals surface area contributed by atoms with Crippen LogP contribution in [0.5, 0.6) is 5.75 Å². The van der Waals surface area contributed by atoms with Crippen LogP contribution in [0, 0.1) is 11.3 Å². The van der Waals surface area contributed by atoms with Crippen molar-refractivity contribution in [2.75, 3.05) is 11.9 Å². The third-order valence-corrected chi connectivity index (χ3v) is 3.12. The van der Waals surface area contributed by atoms with Crippen LogP contribution in [0.3, 0.4) is 0 Å². The lowest BCUT2D eigenvalue weighted by Crippen LogP contribution is -2.10. The minimum absolute atomic E-state index is 0.0973. The van der Waals surface area contributed by atoms with Gasteiger partial charge in [0.05, 0.1) is 12.2 Å². The maximum absolute atomic E-state index is 12.0. The molecular formula is C18H20N2O3. The lowest BCUT2D eigenvalue weighted by Gasteiger charge is -2.11. The number of benzene rings is 2. The maximum Gasteiger partial charge on any atom is 0.338 e. The van der Waals surface area contributed by atoms with E-state index in [9.17, 15) is 9.90 Å². The average molecular weight is 312 g/mol. The predicted molar refractivity (Wildman–Crippen MR) is 90.8 cm³/mol. The first-order chi connectivity index (χ1) is 11.0. The summed E-state index contributed by atoms with van der Waals surface area (Å²) in [4.78, 5) is 12.0. The van der Waals surface area contributed by atoms with Crippen molar-refractivity contribution in [2.24, 2.45) is 5.92 Å². The van der Waals surface area contributed by atoms with Gasteiger partial charge in [-0.2, -0.15) is 0 Å². The number of ether oxygens (including phenoxy) is 1. The van der Waals surface area contributed by atoms with Gasteiger partial charge in [-0.15, -0.1) is 0 Å². The van der Waals surface area contributed by atoms with Crippen molar-refractivity contribution >= 4 is 23.6 Å². The zero-order valence-corrected chi connectivity index (χ0v) is 13.2. The molecule has 0 aliphatic rings. The first kappa shape index (κ1) is 16.5. The first-order valence-electron chi connectivity index (χ1n) is 7.37. The quantitative estimate of drug-likeness (QED) is 0.428. The van der Waals surface area contributed by atoms with Crippen LogP contribution < -0.4 is 5.32 Å². The number of rotatable bonds is 6. The highest BCUT2D eigenvalue weighted by Crippen LogP contribution is 2.24. The van der Waals surface area contributed by atoms with E-state index in [0.717, 1.165) is 6.21 Å². The monoisotopic (exact) mass is 312 g/mol. The highest BCUT2D eigenvalue weighted by Gasteiger charge is 2.09. The van der Waals surface area contributed by atoms with E-state index in [1.807, 2.05) is 19.9 Å². The van der Waals surface area contributed by atoms with Gasteiger partial charge in [-0.25, -0.2) is 4.79 Å². The molecule has 0 spiro atoms. The summed E-state index contributed by atoms with van der Waals surface area (Å²) < 4.78 is 5.22. The van der Waals surface area contributed by atoms with Crippen LogP contribution in [0.15, 0.2) is 42.5 Å². The normalized spacial score (nSPS) is 10.4. The van der Waals surface area contributed by atoms with Gasteiger partial charge in [0, 0.05) is 23.2 Å². The Bertz CT molecular complexity index is 711. The first-order valence-corrected chi connectivity index (χ1v) is 7.37. The minimum atomic E-state index is -0.361. The van der Waals surface area contributed by atoms with Gasteiger partial charge in [-0.1, -0.05) is 19.9 Å². The van der Waals surface area contributed by atoms with Gasteiger partial charge in [0.2, 0.25) is 0 Å². The largest absolute Gasteiger partial charge is 0.508 e. The molecule has 0 amide bonds. The molecule has 0 aromatic heterocycles. The molecule has 0 saturated heterocycles. The Hall–Kier alpha value is -2.82. The SMILES string of the molecule is CC(C)COC(=O)c1cccc(Nc2ccc(O)cc2C=N)c1. The molecule has 0 heterocycles. The van der Waals surface area contributed by atoms with Crippen LogP contribution in [-0.2, 0) is 4.74 Å². The molecule has 5 heteroatoms. The molecule has 23 heavy (non-hydrogen) atoms. The zero-order chi connectivity index (χ0) is 16.8. The van der Waals surface area contributed by atoms with Crippen molar-refractivity contribution in [1.29, 1.82) is 5.41 Å². The molecule has 2 rings (SSSR count).